The van der Waals surface area contributed by atoms with E-state index in [1.54, 1.807) is 0 Å². The molecular formula is C27H40N4O3. The van der Waals surface area contributed by atoms with Crippen molar-refractivity contribution >= 4 is 17.7 Å². The molecule has 186 valence electrons. The van der Waals surface area contributed by atoms with Crippen LogP contribution in [0.4, 0.5) is 0 Å². The lowest BCUT2D eigenvalue weighted by Crippen LogP contribution is -2.63. The van der Waals surface area contributed by atoms with Crippen molar-refractivity contribution in [2.45, 2.75) is 82.8 Å². The molecule has 1 spiro atoms. The minimum atomic E-state index is -0.972. The largest absolute Gasteiger partial charge is 0.354 e. The highest BCUT2D eigenvalue weighted by molar-refractivity contribution is 5.96. The summed E-state index contributed by atoms with van der Waals surface area (Å²) in [5.41, 5.74) is 0.00292. The summed E-state index contributed by atoms with van der Waals surface area (Å²) in [7, 11) is 0. The molecule has 1 aromatic carbocycles. The van der Waals surface area contributed by atoms with Crippen LogP contribution in [-0.2, 0) is 20.8 Å². The highest BCUT2D eigenvalue weighted by Gasteiger charge is 2.44. The first-order valence-corrected chi connectivity index (χ1v) is 12.7. The van der Waals surface area contributed by atoms with Crippen LogP contribution in [0, 0.1) is 5.92 Å². The molecule has 1 aliphatic heterocycles. The van der Waals surface area contributed by atoms with Gasteiger partial charge >= 0.3 is 0 Å². The van der Waals surface area contributed by atoms with Gasteiger partial charge in [0.1, 0.15) is 11.6 Å². The van der Waals surface area contributed by atoms with Gasteiger partial charge in [-0.2, -0.15) is 0 Å². The van der Waals surface area contributed by atoms with Crippen LogP contribution in [0.15, 0.2) is 42.5 Å². The molecule has 0 unspecified atom stereocenters. The highest BCUT2D eigenvalue weighted by Crippen LogP contribution is 2.30. The molecule has 2 aliphatic rings. The van der Waals surface area contributed by atoms with E-state index in [0.717, 1.165) is 31.2 Å². The van der Waals surface area contributed by atoms with Gasteiger partial charge in [-0.1, -0.05) is 69.2 Å². The van der Waals surface area contributed by atoms with Gasteiger partial charge in [-0.15, -0.1) is 0 Å². The summed E-state index contributed by atoms with van der Waals surface area (Å²) in [6, 6.07) is 8.64. The number of carbonyl (C=O) groups excluding carboxylic acids is 3. The maximum atomic E-state index is 13.6. The zero-order chi connectivity index (χ0) is 24.4. The number of amides is 3. The fourth-order valence-corrected chi connectivity index (χ4v) is 4.80. The third-order valence-electron chi connectivity index (χ3n) is 6.66. The van der Waals surface area contributed by atoms with E-state index in [4.69, 9.17) is 0 Å². The number of hydrogen-bond acceptors (Lipinski definition) is 4. The molecule has 0 bridgehead atoms. The van der Waals surface area contributed by atoms with E-state index in [-0.39, 0.29) is 23.8 Å². The predicted molar refractivity (Wildman–Crippen MR) is 134 cm³/mol. The Kier molecular flexibility index (Phi) is 9.69. The second-order valence-corrected chi connectivity index (χ2v) is 9.97. The number of benzene rings is 1. The summed E-state index contributed by atoms with van der Waals surface area (Å²) in [4.78, 5) is 40.0. The van der Waals surface area contributed by atoms with Crippen LogP contribution in [0.2, 0.25) is 0 Å². The molecule has 1 heterocycles. The Morgan fingerprint density at radius 2 is 1.59 bits per heavy atom. The van der Waals surface area contributed by atoms with E-state index in [2.05, 4.69) is 41.2 Å². The van der Waals surface area contributed by atoms with Gasteiger partial charge in [0.25, 0.3) is 0 Å². The van der Waals surface area contributed by atoms with Crippen LogP contribution in [-0.4, -0.2) is 48.4 Å². The summed E-state index contributed by atoms with van der Waals surface area (Å²) in [6.07, 6.45) is 9.66. The van der Waals surface area contributed by atoms with Crippen LogP contribution in [0.25, 0.3) is 0 Å². The van der Waals surface area contributed by atoms with Crippen molar-refractivity contribution < 1.29 is 14.4 Å². The molecule has 0 radical (unpaired) electrons. The van der Waals surface area contributed by atoms with Crippen molar-refractivity contribution in [2.24, 2.45) is 5.92 Å². The van der Waals surface area contributed by atoms with Crippen molar-refractivity contribution in [3.8, 4) is 0 Å². The van der Waals surface area contributed by atoms with Gasteiger partial charge in [0.2, 0.25) is 17.7 Å². The number of carbonyl (C=O) groups is 3. The summed E-state index contributed by atoms with van der Waals surface area (Å²) in [5.74, 6) is -0.246. The van der Waals surface area contributed by atoms with Gasteiger partial charge in [0.05, 0.1) is 6.04 Å². The SMILES string of the molecule is CC(C)C[C@@H]1NCC/C=C\CCNC(=O)[C@H](Cc2ccccc2)NC(=O)C2(CCCC2)NC1=O. The van der Waals surface area contributed by atoms with Gasteiger partial charge in [0.15, 0.2) is 0 Å². The lowest BCUT2D eigenvalue weighted by atomic mass is 9.93. The molecule has 0 aromatic heterocycles. The predicted octanol–water partition coefficient (Wildman–Crippen LogP) is 2.61. The Morgan fingerprint density at radius 1 is 0.912 bits per heavy atom. The van der Waals surface area contributed by atoms with E-state index in [1.807, 2.05) is 36.4 Å². The first-order valence-electron chi connectivity index (χ1n) is 12.7. The van der Waals surface area contributed by atoms with Crippen molar-refractivity contribution in [1.29, 1.82) is 0 Å². The standard InChI is InChI=1S/C27H40N4O3/c1-20(2)18-22-25(33)31-27(14-8-9-15-27)26(34)30-23(19-21-12-6-5-7-13-21)24(32)29-17-11-4-3-10-16-28-22/h3-7,12-13,20,22-23,28H,8-11,14-19H2,1-2H3,(H,29,32)(H,30,34)(H,31,33)/b4-3-/t22-,23-/m0/s1. The number of rotatable bonds is 4. The van der Waals surface area contributed by atoms with E-state index >= 15 is 0 Å². The Labute approximate surface area is 203 Å². The van der Waals surface area contributed by atoms with Gasteiger partial charge in [-0.05, 0) is 50.1 Å². The molecule has 4 N–H and O–H groups in total. The normalized spacial score (nSPS) is 25.6. The lowest BCUT2D eigenvalue weighted by Gasteiger charge is -2.33. The Hall–Kier alpha value is -2.67. The molecule has 1 aromatic rings. The van der Waals surface area contributed by atoms with Crippen LogP contribution < -0.4 is 21.3 Å². The molecular weight excluding hydrogens is 428 g/mol. The highest BCUT2D eigenvalue weighted by atomic mass is 16.2. The maximum Gasteiger partial charge on any atom is 0.246 e. The molecule has 3 rings (SSSR count). The molecule has 1 saturated carbocycles. The van der Waals surface area contributed by atoms with E-state index in [9.17, 15) is 14.4 Å². The monoisotopic (exact) mass is 468 g/mol. The topological polar surface area (TPSA) is 99.3 Å². The van der Waals surface area contributed by atoms with E-state index in [0.29, 0.717) is 44.7 Å². The minimum absolute atomic E-state index is 0.133. The molecule has 34 heavy (non-hydrogen) atoms. The van der Waals surface area contributed by atoms with Gasteiger partial charge in [-0.3, -0.25) is 14.4 Å². The fraction of sp³-hybridized carbons (Fsp3) is 0.593. The second-order valence-electron chi connectivity index (χ2n) is 9.97. The summed E-state index contributed by atoms with van der Waals surface area (Å²) in [5, 5.41) is 12.5. The van der Waals surface area contributed by atoms with Crippen molar-refractivity contribution in [1.82, 2.24) is 21.3 Å². The molecule has 1 aliphatic carbocycles. The quantitative estimate of drug-likeness (QED) is 0.511. The van der Waals surface area contributed by atoms with Crippen molar-refractivity contribution in [3.05, 3.63) is 48.0 Å². The van der Waals surface area contributed by atoms with E-state index < -0.39 is 11.6 Å². The summed E-state index contributed by atoms with van der Waals surface area (Å²) in [6.45, 7) is 5.39. The summed E-state index contributed by atoms with van der Waals surface area (Å²) < 4.78 is 0. The average molecular weight is 469 g/mol. The van der Waals surface area contributed by atoms with Crippen LogP contribution in [0.5, 0.6) is 0 Å². The second kappa shape index (κ2) is 12.7. The Bertz CT molecular complexity index is 847. The zero-order valence-electron chi connectivity index (χ0n) is 20.6. The smallest absolute Gasteiger partial charge is 0.246 e. The molecule has 7 nitrogen and oxygen atoms in total. The molecule has 3 amide bonds. The number of nitrogens with one attached hydrogen (secondary N) is 4. The maximum absolute atomic E-state index is 13.6. The molecule has 7 heteroatoms. The molecule has 2 atom stereocenters. The van der Waals surface area contributed by atoms with Crippen molar-refractivity contribution in [3.63, 3.8) is 0 Å². The van der Waals surface area contributed by atoms with Crippen molar-refractivity contribution in [2.75, 3.05) is 13.1 Å². The third kappa shape index (κ3) is 7.42. The van der Waals surface area contributed by atoms with Gasteiger partial charge in [-0.25, -0.2) is 0 Å². The minimum Gasteiger partial charge on any atom is -0.354 e. The van der Waals surface area contributed by atoms with Crippen LogP contribution in [0.1, 0.15) is 64.4 Å². The van der Waals surface area contributed by atoms with Gasteiger partial charge < -0.3 is 21.3 Å². The average Bonchev–Trinajstić information content (AvgIpc) is 3.29. The third-order valence-corrected chi connectivity index (χ3v) is 6.66. The number of hydrogen-bond donors (Lipinski definition) is 4. The zero-order valence-corrected chi connectivity index (χ0v) is 20.6. The molecule has 0 saturated heterocycles. The Morgan fingerprint density at radius 3 is 2.26 bits per heavy atom. The van der Waals surface area contributed by atoms with Gasteiger partial charge in [0, 0.05) is 13.0 Å². The Balaban J connectivity index is 1.85. The first-order chi connectivity index (χ1) is 16.4. The molecule has 1 fully saturated rings. The van der Waals surface area contributed by atoms with Crippen LogP contribution in [0.3, 0.4) is 0 Å². The van der Waals surface area contributed by atoms with E-state index in [1.165, 1.54) is 0 Å². The fourth-order valence-electron chi connectivity index (χ4n) is 4.80. The lowest BCUT2D eigenvalue weighted by molar-refractivity contribution is -0.136. The first kappa shape index (κ1) is 25.9. The summed E-state index contributed by atoms with van der Waals surface area (Å²) >= 11 is 0. The van der Waals surface area contributed by atoms with Crippen LogP contribution >= 0.6 is 0 Å².